The first-order valence-corrected chi connectivity index (χ1v) is 8.19. The third-order valence-electron chi connectivity index (χ3n) is 3.49. The van der Waals surface area contributed by atoms with Crippen LogP contribution in [0.2, 0.25) is 0 Å². The summed E-state index contributed by atoms with van der Waals surface area (Å²) in [6.07, 6.45) is 2.77. The molecule has 0 aliphatic carbocycles. The summed E-state index contributed by atoms with van der Waals surface area (Å²) in [5.74, 6) is 0. The van der Waals surface area contributed by atoms with Crippen molar-refractivity contribution < 1.29 is 9.53 Å². The molecule has 0 saturated carbocycles. The Hall–Kier alpha value is -1.14. The van der Waals surface area contributed by atoms with Crippen molar-refractivity contribution in [2.75, 3.05) is 19.7 Å². The van der Waals surface area contributed by atoms with E-state index in [-0.39, 0.29) is 6.09 Å². The largest absolute Gasteiger partial charge is 0.450 e. The maximum Gasteiger partial charge on any atom is 0.409 e. The third-order valence-corrected chi connectivity index (χ3v) is 4.54. The number of aryl methyl sites for hydroxylation is 1. The number of aromatic nitrogens is 1. The highest BCUT2D eigenvalue weighted by Crippen LogP contribution is 2.14. The summed E-state index contributed by atoms with van der Waals surface area (Å²) in [5.41, 5.74) is 1.12. The first-order chi connectivity index (χ1) is 9.72. The van der Waals surface area contributed by atoms with Gasteiger partial charge in [0.15, 0.2) is 0 Å². The monoisotopic (exact) mass is 297 g/mol. The molecule has 1 aliphatic rings. The number of hydrogen-bond donors (Lipinski definition) is 1. The second-order valence-corrected chi connectivity index (χ2v) is 5.87. The number of ether oxygens (including phenoxy) is 1. The minimum atomic E-state index is -0.182. The molecule has 0 spiro atoms. The summed E-state index contributed by atoms with van der Waals surface area (Å²) in [6, 6.07) is 0.465. The van der Waals surface area contributed by atoms with E-state index in [9.17, 15) is 4.79 Å². The topological polar surface area (TPSA) is 54.5 Å². The number of nitrogens with zero attached hydrogens (tertiary/aromatic N) is 2. The van der Waals surface area contributed by atoms with E-state index in [4.69, 9.17) is 4.74 Å². The van der Waals surface area contributed by atoms with Crippen molar-refractivity contribution in [2.24, 2.45) is 0 Å². The lowest BCUT2D eigenvalue weighted by atomic mass is 10.1. The Kier molecular flexibility index (Phi) is 5.79. The van der Waals surface area contributed by atoms with Gasteiger partial charge >= 0.3 is 6.09 Å². The van der Waals surface area contributed by atoms with Gasteiger partial charge in [-0.1, -0.05) is 6.92 Å². The van der Waals surface area contributed by atoms with Crippen LogP contribution < -0.4 is 5.32 Å². The van der Waals surface area contributed by atoms with Gasteiger partial charge in [0, 0.05) is 31.1 Å². The Morgan fingerprint density at radius 2 is 2.25 bits per heavy atom. The van der Waals surface area contributed by atoms with E-state index in [1.54, 1.807) is 16.2 Å². The van der Waals surface area contributed by atoms with Gasteiger partial charge in [0.2, 0.25) is 0 Å². The molecule has 1 fully saturated rings. The Balaban J connectivity index is 1.70. The molecule has 112 valence electrons. The highest BCUT2D eigenvalue weighted by atomic mass is 32.1. The average Bonchev–Trinajstić information content (AvgIpc) is 2.94. The van der Waals surface area contributed by atoms with Gasteiger partial charge in [0.05, 0.1) is 17.3 Å². The second-order valence-electron chi connectivity index (χ2n) is 4.93. The fraction of sp³-hybridized carbons (Fsp3) is 0.714. The molecule has 0 aromatic carbocycles. The summed E-state index contributed by atoms with van der Waals surface area (Å²) in [6.45, 7) is 6.77. The minimum absolute atomic E-state index is 0.182. The summed E-state index contributed by atoms with van der Waals surface area (Å²) < 4.78 is 5.02. The molecular weight excluding hydrogens is 274 g/mol. The fourth-order valence-electron chi connectivity index (χ4n) is 2.32. The van der Waals surface area contributed by atoms with E-state index in [0.717, 1.165) is 44.6 Å². The van der Waals surface area contributed by atoms with Gasteiger partial charge in [0.25, 0.3) is 0 Å². The molecule has 5 nitrogen and oxygen atoms in total. The molecule has 1 aliphatic heterocycles. The summed E-state index contributed by atoms with van der Waals surface area (Å²) in [7, 11) is 0. The van der Waals surface area contributed by atoms with Crippen molar-refractivity contribution in [3.05, 3.63) is 16.1 Å². The Morgan fingerprint density at radius 1 is 1.50 bits per heavy atom. The first kappa shape index (κ1) is 15.3. The molecule has 6 heteroatoms. The third kappa shape index (κ3) is 4.18. The molecule has 2 heterocycles. The fourth-order valence-corrected chi connectivity index (χ4v) is 3.07. The number of nitrogens with one attached hydrogen (secondary N) is 1. The molecular formula is C14H23N3O2S. The van der Waals surface area contributed by atoms with E-state index in [1.807, 2.05) is 6.92 Å². The predicted octanol–water partition coefficient (Wildman–Crippen LogP) is 2.42. The molecule has 1 aromatic heterocycles. The van der Waals surface area contributed by atoms with Gasteiger partial charge in [-0.2, -0.15) is 0 Å². The van der Waals surface area contributed by atoms with Gasteiger partial charge in [0.1, 0.15) is 0 Å². The van der Waals surface area contributed by atoms with Crippen molar-refractivity contribution in [1.29, 1.82) is 0 Å². The standard InChI is InChI=1S/C14H23N3O2S/c1-3-13-16-12(10-20-13)9-15-11-5-7-17(8-6-11)14(18)19-4-2/h10-11,15H,3-9H2,1-2H3. The molecule has 1 aromatic rings. The zero-order chi connectivity index (χ0) is 14.4. The molecule has 1 N–H and O–H groups in total. The number of hydrogen-bond acceptors (Lipinski definition) is 5. The zero-order valence-electron chi connectivity index (χ0n) is 12.2. The maximum absolute atomic E-state index is 11.6. The maximum atomic E-state index is 11.6. The van der Waals surface area contributed by atoms with Crippen LogP contribution in [0, 0.1) is 0 Å². The van der Waals surface area contributed by atoms with Crippen molar-refractivity contribution in [3.8, 4) is 0 Å². The molecule has 1 amide bonds. The van der Waals surface area contributed by atoms with Crippen LogP contribution >= 0.6 is 11.3 Å². The summed E-state index contributed by atoms with van der Waals surface area (Å²) >= 11 is 1.73. The molecule has 0 bridgehead atoms. The smallest absolute Gasteiger partial charge is 0.409 e. The van der Waals surface area contributed by atoms with Crippen LogP contribution in [0.15, 0.2) is 5.38 Å². The van der Waals surface area contributed by atoms with Crippen molar-refractivity contribution in [2.45, 2.75) is 45.7 Å². The number of likely N-dealkylation sites (tertiary alicyclic amines) is 1. The normalized spacial score (nSPS) is 16.4. The second kappa shape index (κ2) is 7.59. The predicted molar refractivity (Wildman–Crippen MR) is 79.9 cm³/mol. The van der Waals surface area contributed by atoms with E-state index in [1.165, 1.54) is 5.01 Å². The Labute approximate surface area is 124 Å². The molecule has 20 heavy (non-hydrogen) atoms. The number of amides is 1. The van der Waals surface area contributed by atoms with Gasteiger partial charge in [-0.05, 0) is 26.2 Å². The Bertz CT molecular complexity index is 428. The SMILES string of the molecule is CCOC(=O)N1CCC(NCc2csc(CC)n2)CC1. The molecule has 0 atom stereocenters. The van der Waals surface area contributed by atoms with Crippen LogP contribution in [-0.4, -0.2) is 41.7 Å². The number of carbonyl (C=O) groups is 1. The lowest BCUT2D eigenvalue weighted by molar-refractivity contribution is 0.0950. The number of piperidine rings is 1. The highest BCUT2D eigenvalue weighted by molar-refractivity contribution is 7.09. The highest BCUT2D eigenvalue weighted by Gasteiger charge is 2.23. The van der Waals surface area contributed by atoms with E-state index in [2.05, 4.69) is 22.6 Å². The zero-order valence-corrected chi connectivity index (χ0v) is 13.0. The van der Waals surface area contributed by atoms with Gasteiger partial charge in [-0.3, -0.25) is 0 Å². The van der Waals surface area contributed by atoms with Crippen LogP contribution in [-0.2, 0) is 17.7 Å². The van der Waals surface area contributed by atoms with Crippen LogP contribution in [0.5, 0.6) is 0 Å². The molecule has 0 radical (unpaired) electrons. The van der Waals surface area contributed by atoms with Crippen molar-refractivity contribution in [1.82, 2.24) is 15.2 Å². The average molecular weight is 297 g/mol. The molecule has 1 saturated heterocycles. The quantitative estimate of drug-likeness (QED) is 0.907. The first-order valence-electron chi connectivity index (χ1n) is 7.31. The van der Waals surface area contributed by atoms with Crippen LogP contribution in [0.3, 0.4) is 0 Å². The number of rotatable bonds is 5. The summed E-state index contributed by atoms with van der Waals surface area (Å²) in [5, 5.41) is 6.85. The molecule has 2 rings (SSSR count). The van der Waals surface area contributed by atoms with Crippen molar-refractivity contribution >= 4 is 17.4 Å². The minimum Gasteiger partial charge on any atom is -0.450 e. The van der Waals surface area contributed by atoms with E-state index in [0.29, 0.717) is 12.6 Å². The number of thiazole rings is 1. The van der Waals surface area contributed by atoms with Gasteiger partial charge in [-0.15, -0.1) is 11.3 Å². The Morgan fingerprint density at radius 3 is 2.85 bits per heavy atom. The van der Waals surface area contributed by atoms with Gasteiger partial charge < -0.3 is 15.0 Å². The lowest BCUT2D eigenvalue weighted by Crippen LogP contribution is -2.44. The summed E-state index contributed by atoms with van der Waals surface area (Å²) in [4.78, 5) is 17.9. The van der Waals surface area contributed by atoms with E-state index >= 15 is 0 Å². The van der Waals surface area contributed by atoms with E-state index < -0.39 is 0 Å². The van der Waals surface area contributed by atoms with Crippen LogP contribution in [0.1, 0.15) is 37.4 Å². The van der Waals surface area contributed by atoms with Crippen LogP contribution in [0.4, 0.5) is 4.79 Å². The lowest BCUT2D eigenvalue weighted by Gasteiger charge is -2.31. The number of carbonyl (C=O) groups excluding carboxylic acids is 1. The van der Waals surface area contributed by atoms with Crippen molar-refractivity contribution in [3.63, 3.8) is 0 Å². The van der Waals surface area contributed by atoms with Crippen LogP contribution in [0.25, 0.3) is 0 Å². The molecule has 0 unspecified atom stereocenters. The van der Waals surface area contributed by atoms with Gasteiger partial charge in [-0.25, -0.2) is 9.78 Å².